The van der Waals surface area contributed by atoms with Crippen molar-refractivity contribution in [3.05, 3.63) is 42.3 Å². The molecular weight excluding hydrogens is 226 g/mol. The molecule has 0 bridgehead atoms. The van der Waals surface area contributed by atoms with Crippen LogP contribution in [-0.2, 0) is 12.3 Å². The Hall–Kier alpha value is -0.470. The number of likely N-dealkylation sites (tertiary alicyclic amines) is 1. The highest BCUT2D eigenvalue weighted by Gasteiger charge is 2.10. The van der Waals surface area contributed by atoms with Crippen molar-refractivity contribution in [3.63, 3.8) is 0 Å². The van der Waals surface area contributed by atoms with Gasteiger partial charge in [0.25, 0.3) is 0 Å². The molecule has 2 heteroatoms. The predicted octanol–water partition coefficient (Wildman–Crippen LogP) is 3.74. The number of rotatable bonds is 5. The number of nitrogens with zero attached hydrogens (tertiary/aromatic N) is 1. The minimum atomic E-state index is 0.955. The lowest BCUT2D eigenvalue weighted by Gasteiger charge is -2.26. The van der Waals surface area contributed by atoms with Gasteiger partial charge in [-0.05, 0) is 49.7 Å². The van der Waals surface area contributed by atoms with E-state index in [1.165, 1.54) is 43.5 Å². The van der Waals surface area contributed by atoms with Crippen molar-refractivity contribution < 1.29 is 0 Å². The third kappa shape index (κ3) is 4.36. The Morgan fingerprint density at radius 3 is 2.65 bits per heavy atom. The van der Waals surface area contributed by atoms with Crippen molar-refractivity contribution in [2.24, 2.45) is 0 Å². The topological polar surface area (TPSA) is 3.24 Å². The Balaban J connectivity index is 1.90. The first-order valence-electron chi connectivity index (χ1n) is 6.55. The van der Waals surface area contributed by atoms with Crippen LogP contribution in [0.2, 0.25) is 0 Å². The Kier molecular flexibility index (Phi) is 5.40. The summed E-state index contributed by atoms with van der Waals surface area (Å²) >= 11 is 1.89. The van der Waals surface area contributed by atoms with E-state index < -0.39 is 0 Å². The Bertz CT molecular complexity index is 331. The molecule has 0 N–H and O–H groups in total. The normalized spacial score (nSPS) is 17.2. The second kappa shape index (κ2) is 7.07. The van der Waals surface area contributed by atoms with Gasteiger partial charge in [-0.3, -0.25) is 4.90 Å². The molecule has 0 spiro atoms. The largest absolute Gasteiger partial charge is 0.299 e. The molecule has 1 aromatic rings. The number of hydrogen-bond acceptors (Lipinski definition) is 2. The zero-order valence-electron chi connectivity index (χ0n) is 10.5. The highest BCUT2D eigenvalue weighted by molar-refractivity contribution is 7.98. The lowest BCUT2D eigenvalue weighted by atomic mass is 10.1. The van der Waals surface area contributed by atoms with Crippen LogP contribution in [0.5, 0.6) is 0 Å². The summed E-state index contributed by atoms with van der Waals surface area (Å²) in [5.41, 5.74) is 2.90. The quantitative estimate of drug-likeness (QED) is 0.781. The lowest BCUT2D eigenvalue weighted by molar-refractivity contribution is 0.221. The summed E-state index contributed by atoms with van der Waals surface area (Å²) in [6, 6.07) is 9.03. The van der Waals surface area contributed by atoms with E-state index in [1.54, 1.807) is 0 Å². The fourth-order valence-electron chi connectivity index (χ4n) is 2.38. The third-order valence-corrected chi connectivity index (χ3v) is 4.09. The van der Waals surface area contributed by atoms with Crippen molar-refractivity contribution in [2.75, 3.05) is 18.8 Å². The van der Waals surface area contributed by atoms with Gasteiger partial charge in [-0.15, -0.1) is 0 Å². The van der Waals surface area contributed by atoms with Crippen LogP contribution in [0.4, 0.5) is 0 Å². The molecule has 1 fully saturated rings. The molecule has 17 heavy (non-hydrogen) atoms. The van der Waals surface area contributed by atoms with Gasteiger partial charge >= 0.3 is 0 Å². The minimum absolute atomic E-state index is 0.955. The summed E-state index contributed by atoms with van der Waals surface area (Å²) in [6.07, 6.45) is 4.16. The Morgan fingerprint density at radius 2 is 1.88 bits per heavy atom. The van der Waals surface area contributed by atoms with Crippen LogP contribution >= 0.6 is 11.8 Å². The summed E-state index contributed by atoms with van der Waals surface area (Å²) < 4.78 is 0. The fraction of sp³-hybridized carbons (Fsp3) is 0.533. The van der Waals surface area contributed by atoms with E-state index >= 15 is 0 Å². The van der Waals surface area contributed by atoms with Crippen molar-refractivity contribution in [1.82, 2.24) is 4.90 Å². The second-order valence-electron chi connectivity index (χ2n) is 4.71. The van der Waals surface area contributed by atoms with Crippen LogP contribution in [-0.4, -0.2) is 23.7 Å². The van der Waals surface area contributed by atoms with Crippen molar-refractivity contribution in [2.45, 2.75) is 31.6 Å². The molecule has 1 aliphatic rings. The molecule has 1 aliphatic heterocycles. The summed E-state index contributed by atoms with van der Waals surface area (Å²) in [5.74, 6) is 2.05. The van der Waals surface area contributed by atoms with E-state index in [9.17, 15) is 0 Å². The SMILES string of the molecule is [CH2]CSCc1cccc(CN2CCCCC2)c1. The van der Waals surface area contributed by atoms with Gasteiger partial charge < -0.3 is 0 Å². The van der Waals surface area contributed by atoms with Gasteiger partial charge in [0, 0.05) is 12.3 Å². The van der Waals surface area contributed by atoms with Gasteiger partial charge in [-0.2, -0.15) is 11.8 Å². The Morgan fingerprint density at radius 1 is 1.12 bits per heavy atom. The standard InChI is InChI=1S/C15H22NS/c1-2-17-13-15-8-6-7-14(11-15)12-16-9-4-3-5-10-16/h6-8,11H,1-5,9-10,12-13H2. The average Bonchev–Trinajstić information content (AvgIpc) is 2.38. The van der Waals surface area contributed by atoms with E-state index in [-0.39, 0.29) is 0 Å². The van der Waals surface area contributed by atoms with Gasteiger partial charge in [0.05, 0.1) is 0 Å². The molecule has 1 heterocycles. The second-order valence-corrected chi connectivity index (χ2v) is 5.81. The molecule has 2 rings (SSSR count). The van der Waals surface area contributed by atoms with Gasteiger partial charge in [-0.1, -0.05) is 30.7 Å². The number of thioether (sulfide) groups is 1. The molecule has 93 valence electrons. The van der Waals surface area contributed by atoms with Crippen LogP contribution in [0.15, 0.2) is 24.3 Å². The van der Waals surface area contributed by atoms with E-state index in [0.29, 0.717) is 0 Å². The molecule has 0 amide bonds. The van der Waals surface area contributed by atoms with E-state index in [0.717, 1.165) is 18.1 Å². The molecule has 1 radical (unpaired) electrons. The molecule has 0 atom stereocenters. The van der Waals surface area contributed by atoms with Gasteiger partial charge in [0.2, 0.25) is 0 Å². The van der Waals surface area contributed by atoms with Gasteiger partial charge in [0.15, 0.2) is 0 Å². The summed E-state index contributed by atoms with van der Waals surface area (Å²) in [4.78, 5) is 2.58. The first-order valence-corrected chi connectivity index (χ1v) is 7.71. The molecule has 0 unspecified atom stereocenters. The first kappa shape index (κ1) is 13.0. The van der Waals surface area contributed by atoms with Crippen molar-refractivity contribution in [3.8, 4) is 0 Å². The molecule has 0 aromatic heterocycles. The molecule has 0 saturated carbocycles. The maximum atomic E-state index is 3.87. The minimum Gasteiger partial charge on any atom is -0.299 e. The van der Waals surface area contributed by atoms with Crippen molar-refractivity contribution in [1.29, 1.82) is 0 Å². The number of hydrogen-bond donors (Lipinski definition) is 0. The zero-order valence-corrected chi connectivity index (χ0v) is 11.3. The van der Waals surface area contributed by atoms with Crippen LogP contribution in [0.1, 0.15) is 30.4 Å². The van der Waals surface area contributed by atoms with E-state index in [2.05, 4.69) is 36.1 Å². The van der Waals surface area contributed by atoms with Gasteiger partial charge in [0.1, 0.15) is 0 Å². The van der Waals surface area contributed by atoms with Crippen LogP contribution in [0.3, 0.4) is 0 Å². The maximum Gasteiger partial charge on any atom is 0.0233 e. The lowest BCUT2D eigenvalue weighted by Crippen LogP contribution is -2.29. The van der Waals surface area contributed by atoms with E-state index in [4.69, 9.17) is 0 Å². The third-order valence-electron chi connectivity index (χ3n) is 3.26. The maximum absolute atomic E-state index is 3.87. The van der Waals surface area contributed by atoms with Crippen LogP contribution in [0, 0.1) is 6.92 Å². The highest BCUT2D eigenvalue weighted by Crippen LogP contribution is 2.16. The van der Waals surface area contributed by atoms with E-state index in [1.807, 2.05) is 11.8 Å². The predicted molar refractivity (Wildman–Crippen MR) is 77.1 cm³/mol. The number of benzene rings is 1. The Labute approximate surface area is 110 Å². The summed E-state index contributed by atoms with van der Waals surface area (Å²) in [5, 5.41) is 0. The smallest absolute Gasteiger partial charge is 0.0233 e. The number of piperidine rings is 1. The fourth-order valence-corrected chi connectivity index (χ4v) is 2.94. The van der Waals surface area contributed by atoms with Crippen LogP contribution < -0.4 is 0 Å². The molecule has 0 aliphatic carbocycles. The average molecular weight is 248 g/mol. The molecular formula is C15H22NS. The summed E-state index contributed by atoms with van der Waals surface area (Å²) in [7, 11) is 0. The van der Waals surface area contributed by atoms with Crippen LogP contribution in [0.25, 0.3) is 0 Å². The summed E-state index contributed by atoms with van der Waals surface area (Å²) in [6.45, 7) is 7.55. The highest BCUT2D eigenvalue weighted by atomic mass is 32.2. The molecule has 1 aromatic carbocycles. The van der Waals surface area contributed by atoms with Crippen molar-refractivity contribution >= 4 is 11.8 Å². The zero-order chi connectivity index (χ0) is 11.9. The first-order chi connectivity index (χ1) is 8.38. The van der Waals surface area contributed by atoms with Gasteiger partial charge in [-0.25, -0.2) is 0 Å². The molecule has 1 nitrogen and oxygen atoms in total. The molecule has 1 saturated heterocycles. The monoisotopic (exact) mass is 248 g/mol.